The summed E-state index contributed by atoms with van der Waals surface area (Å²) in [7, 11) is 3.89. The fourth-order valence-corrected chi connectivity index (χ4v) is 3.66. The minimum absolute atomic E-state index is 0.00471. The van der Waals surface area contributed by atoms with Crippen molar-refractivity contribution in [1.82, 2.24) is 29.7 Å². The molecule has 25 heavy (non-hydrogen) atoms. The number of nitrogens with one attached hydrogen (secondary N) is 1. The van der Waals surface area contributed by atoms with E-state index in [0.717, 1.165) is 23.2 Å². The molecule has 0 saturated heterocycles. The first-order valence-electron chi connectivity index (χ1n) is 8.54. The third-order valence-electron chi connectivity index (χ3n) is 5.85. The zero-order valence-corrected chi connectivity index (χ0v) is 15.3. The summed E-state index contributed by atoms with van der Waals surface area (Å²) in [5.41, 5.74) is 2.33. The number of hydrogen-bond acceptors (Lipinski definition) is 5. The van der Waals surface area contributed by atoms with Crippen molar-refractivity contribution < 1.29 is 4.74 Å². The summed E-state index contributed by atoms with van der Waals surface area (Å²) in [5, 5.41) is 12.0. The largest absolute Gasteiger partial charge is 0.469 e. The van der Waals surface area contributed by atoms with Crippen LogP contribution in [0.25, 0.3) is 16.8 Å². The van der Waals surface area contributed by atoms with Crippen LogP contribution >= 0.6 is 0 Å². The molecule has 3 heterocycles. The van der Waals surface area contributed by atoms with E-state index in [0.29, 0.717) is 11.9 Å². The summed E-state index contributed by atoms with van der Waals surface area (Å²) < 4.78 is 10.1. The van der Waals surface area contributed by atoms with Crippen LogP contribution in [0.15, 0.2) is 30.9 Å². The Hall–Kier alpha value is -2.41. The Morgan fingerprint density at radius 3 is 2.68 bits per heavy atom. The van der Waals surface area contributed by atoms with Crippen molar-refractivity contribution in [3.05, 3.63) is 30.9 Å². The Labute approximate surface area is 147 Å². The van der Waals surface area contributed by atoms with Gasteiger partial charge in [0.05, 0.1) is 24.3 Å². The van der Waals surface area contributed by atoms with Crippen molar-refractivity contribution in [2.75, 3.05) is 7.05 Å². The molecule has 132 valence electrons. The maximum Gasteiger partial charge on any atom is 0.241 e. The van der Waals surface area contributed by atoms with Gasteiger partial charge in [0.15, 0.2) is 0 Å². The summed E-state index contributed by atoms with van der Waals surface area (Å²) in [6, 6.07) is 2.36. The predicted octanol–water partition coefficient (Wildman–Crippen LogP) is 2.29. The van der Waals surface area contributed by atoms with E-state index in [1.54, 1.807) is 17.1 Å². The van der Waals surface area contributed by atoms with Crippen LogP contribution in [0.1, 0.15) is 27.2 Å². The topological polar surface area (TPSA) is 69.3 Å². The van der Waals surface area contributed by atoms with Gasteiger partial charge in [-0.3, -0.25) is 4.68 Å². The monoisotopic (exact) mass is 340 g/mol. The lowest BCUT2D eigenvalue weighted by atomic mass is 9.56. The van der Waals surface area contributed by atoms with Crippen molar-refractivity contribution in [3.63, 3.8) is 0 Å². The Bertz CT molecular complexity index is 927. The van der Waals surface area contributed by atoms with Crippen molar-refractivity contribution in [2.24, 2.45) is 12.5 Å². The van der Waals surface area contributed by atoms with Gasteiger partial charge in [-0.25, -0.2) is 9.50 Å². The van der Waals surface area contributed by atoms with Gasteiger partial charge < -0.3 is 10.1 Å². The summed E-state index contributed by atoms with van der Waals surface area (Å²) in [4.78, 5) is 4.78. The zero-order chi connectivity index (χ0) is 17.8. The van der Waals surface area contributed by atoms with Crippen LogP contribution in [-0.2, 0) is 7.05 Å². The molecular weight excluding hydrogens is 316 g/mol. The zero-order valence-electron chi connectivity index (χ0n) is 15.3. The lowest BCUT2D eigenvalue weighted by Gasteiger charge is -2.58. The quantitative estimate of drug-likeness (QED) is 0.789. The molecule has 4 rings (SSSR count). The highest BCUT2D eigenvalue weighted by molar-refractivity contribution is 5.63. The van der Waals surface area contributed by atoms with Gasteiger partial charge >= 0.3 is 0 Å². The van der Waals surface area contributed by atoms with Gasteiger partial charge in [0.2, 0.25) is 5.88 Å². The van der Waals surface area contributed by atoms with E-state index < -0.39 is 0 Å². The molecule has 7 nitrogen and oxygen atoms in total. The van der Waals surface area contributed by atoms with E-state index >= 15 is 0 Å². The van der Waals surface area contributed by atoms with Crippen LogP contribution in [0.2, 0.25) is 0 Å². The van der Waals surface area contributed by atoms with Crippen molar-refractivity contribution >= 4 is 5.52 Å². The van der Waals surface area contributed by atoms with E-state index in [4.69, 9.17) is 9.72 Å². The standard InChI is InChI=1S/C18H24N6O/c1-17(2)15(19-4)8-18(17,3)25-16-14-6-7-20-24(14)11-13(22-16)12-9-21-23(5)10-12/h6-7,9-11,15,19H,8H2,1-5H3. The normalized spacial score (nSPS) is 25.1. The molecule has 2 atom stereocenters. The first kappa shape index (κ1) is 16.1. The van der Waals surface area contributed by atoms with E-state index in [1.165, 1.54) is 0 Å². The van der Waals surface area contributed by atoms with Gasteiger partial charge in [-0.05, 0) is 20.0 Å². The van der Waals surface area contributed by atoms with E-state index in [1.807, 2.05) is 37.1 Å². The maximum atomic E-state index is 6.49. The molecule has 3 aromatic heterocycles. The van der Waals surface area contributed by atoms with E-state index in [9.17, 15) is 0 Å². The number of aryl methyl sites for hydroxylation is 1. The van der Waals surface area contributed by atoms with Crippen molar-refractivity contribution in [2.45, 2.75) is 38.8 Å². The van der Waals surface area contributed by atoms with Crippen LogP contribution in [0.4, 0.5) is 0 Å². The molecule has 1 fully saturated rings. The van der Waals surface area contributed by atoms with Gasteiger partial charge in [-0.2, -0.15) is 10.2 Å². The summed E-state index contributed by atoms with van der Waals surface area (Å²) >= 11 is 0. The number of nitrogens with zero attached hydrogens (tertiary/aromatic N) is 5. The third kappa shape index (κ3) is 2.33. The highest BCUT2D eigenvalue weighted by atomic mass is 16.5. The van der Waals surface area contributed by atoms with Crippen LogP contribution in [0, 0.1) is 5.41 Å². The number of ether oxygens (including phenoxy) is 1. The molecule has 0 bridgehead atoms. The number of fused-ring (bicyclic) bond motifs is 1. The Kier molecular flexibility index (Phi) is 3.40. The fourth-order valence-electron chi connectivity index (χ4n) is 3.66. The highest BCUT2D eigenvalue weighted by Crippen LogP contribution is 2.51. The molecule has 3 aromatic rings. The van der Waals surface area contributed by atoms with Crippen LogP contribution in [-0.4, -0.2) is 43.1 Å². The lowest BCUT2D eigenvalue weighted by molar-refractivity contribution is -0.139. The molecule has 1 aliphatic rings. The summed E-state index contributed by atoms with van der Waals surface area (Å²) in [6.45, 7) is 6.62. The van der Waals surface area contributed by atoms with Crippen molar-refractivity contribution in [3.8, 4) is 17.1 Å². The highest BCUT2D eigenvalue weighted by Gasteiger charge is 2.59. The fraction of sp³-hybridized carbons (Fsp3) is 0.500. The molecule has 0 aromatic carbocycles. The first-order chi connectivity index (χ1) is 11.8. The average molecular weight is 340 g/mol. The second-order valence-corrected chi connectivity index (χ2v) is 7.59. The summed E-state index contributed by atoms with van der Waals surface area (Å²) in [5.74, 6) is 0.615. The first-order valence-corrected chi connectivity index (χ1v) is 8.54. The van der Waals surface area contributed by atoms with Gasteiger partial charge in [-0.15, -0.1) is 0 Å². The minimum Gasteiger partial charge on any atom is -0.469 e. The van der Waals surface area contributed by atoms with E-state index in [-0.39, 0.29) is 11.0 Å². The van der Waals surface area contributed by atoms with Gasteiger partial charge in [-0.1, -0.05) is 13.8 Å². The minimum atomic E-state index is -0.286. The second-order valence-electron chi connectivity index (χ2n) is 7.59. The number of aromatic nitrogens is 5. The van der Waals surface area contributed by atoms with E-state index in [2.05, 4.69) is 36.3 Å². The van der Waals surface area contributed by atoms with Crippen molar-refractivity contribution in [1.29, 1.82) is 0 Å². The molecule has 0 spiro atoms. The Morgan fingerprint density at radius 1 is 1.24 bits per heavy atom. The molecule has 0 radical (unpaired) electrons. The molecular formula is C18H24N6O. The molecule has 1 aliphatic carbocycles. The molecule has 1 N–H and O–H groups in total. The smallest absolute Gasteiger partial charge is 0.241 e. The molecule has 0 amide bonds. The van der Waals surface area contributed by atoms with Gasteiger partial charge in [0, 0.05) is 36.7 Å². The van der Waals surface area contributed by atoms with Crippen LogP contribution in [0.3, 0.4) is 0 Å². The molecule has 1 saturated carbocycles. The SMILES string of the molecule is CNC1CC(C)(Oc2nc(-c3cnn(C)c3)cn3nccc23)C1(C)C. The predicted molar refractivity (Wildman–Crippen MR) is 95.5 cm³/mol. The molecule has 7 heteroatoms. The van der Waals surface area contributed by atoms with Crippen LogP contribution < -0.4 is 10.1 Å². The Balaban J connectivity index is 1.76. The van der Waals surface area contributed by atoms with Crippen LogP contribution in [0.5, 0.6) is 5.88 Å². The maximum absolute atomic E-state index is 6.49. The van der Waals surface area contributed by atoms with Gasteiger partial charge in [0.25, 0.3) is 0 Å². The second kappa shape index (κ2) is 5.29. The average Bonchev–Trinajstić information content (AvgIpc) is 3.21. The van der Waals surface area contributed by atoms with Gasteiger partial charge in [0.1, 0.15) is 11.1 Å². The summed E-state index contributed by atoms with van der Waals surface area (Å²) in [6.07, 6.45) is 8.35. The molecule has 0 aliphatic heterocycles. The third-order valence-corrected chi connectivity index (χ3v) is 5.85. The number of hydrogen-bond donors (Lipinski definition) is 1. The Morgan fingerprint density at radius 2 is 2.04 bits per heavy atom. The molecule has 2 unspecified atom stereocenters. The lowest BCUT2D eigenvalue weighted by Crippen LogP contribution is -2.69. The number of rotatable bonds is 4.